The topological polar surface area (TPSA) is 67.1 Å². The zero-order valence-electron chi connectivity index (χ0n) is 10.5. The van der Waals surface area contributed by atoms with Crippen molar-refractivity contribution in [2.75, 3.05) is 24.1 Å². The number of anilines is 2. The summed E-state index contributed by atoms with van der Waals surface area (Å²) in [6, 6.07) is 5.37. The molecule has 0 fully saturated rings. The summed E-state index contributed by atoms with van der Waals surface area (Å²) in [5.74, 6) is -0.0844. The first-order chi connectivity index (χ1) is 8.19. The Bertz CT molecular complexity index is 377. The van der Waals surface area contributed by atoms with Crippen molar-refractivity contribution in [3.8, 4) is 0 Å². The van der Waals surface area contributed by atoms with Gasteiger partial charge < -0.3 is 16.4 Å². The van der Waals surface area contributed by atoms with Crippen molar-refractivity contribution in [3.63, 3.8) is 0 Å². The van der Waals surface area contributed by atoms with E-state index >= 15 is 0 Å². The Morgan fingerprint density at radius 2 is 2.12 bits per heavy atom. The van der Waals surface area contributed by atoms with E-state index in [0.29, 0.717) is 17.8 Å². The Hall–Kier alpha value is -1.71. The number of rotatable bonds is 6. The maximum absolute atomic E-state index is 11.8. The van der Waals surface area contributed by atoms with Crippen molar-refractivity contribution in [1.82, 2.24) is 5.32 Å². The monoisotopic (exact) mass is 235 g/mol. The number of nitrogen functional groups attached to an aromatic ring is 1. The van der Waals surface area contributed by atoms with Gasteiger partial charge in [0.1, 0.15) is 0 Å². The van der Waals surface area contributed by atoms with Gasteiger partial charge in [-0.1, -0.05) is 13.3 Å². The van der Waals surface area contributed by atoms with Crippen molar-refractivity contribution < 1.29 is 4.79 Å². The van der Waals surface area contributed by atoms with Gasteiger partial charge in [0.2, 0.25) is 0 Å². The van der Waals surface area contributed by atoms with Crippen LogP contribution in [0.25, 0.3) is 0 Å². The molecule has 1 rings (SSSR count). The maximum atomic E-state index is 11.8. The number of carbonyl (C=O) groups excluding carboxylic acids is 1. The molecule has 0 spiro atoms. The third-order valence-corrected chi connectivity index (χ3v) is 2.47. The molecule has 0 atom stereocenters. The summed E-state index contributed by atoms with van der Waals surface area (Å²) in [5.41, 5.74) is 7.77. The van der Waals surface area contributed by atoms with E-state index in [9.17, 15) is 4.79 Å². The highest BCUT2D eigenvalue weighted by Gasteiger charge is 2.10. The van der Waals surface area contributed by atoms with Gasteiger partial charge in [0.25, 0.3) is 5.91 Å². The molecule has 4 nitrogen and oxygen atoms in total. The molecule has 0 heterocycles. The van der Waals surface area contributed by atoms with Crippen LogP contribution in [-0.2, 0) is 0 Å². The van der Waals surface area contributed by atoms with E-state index in [-0.39, 0.29) is 5.91 Å². The van der Waals surface area contributed by atoms with Gasteiger partial charge in [0.05, 0.1) is 5.56 Å². The van der Waals surface area contributed by atoms with Crippen molar-refractivity contribution in [3.05, 3.63) is 23.8 Å². The number of nitrogens with one attached hydrogen (secondary N) is 2. The Kier molecular flexibility index (Phi) is 5.33. The zero-order chi connectivity index (χ0) is 12.7. The van der Waals surface area contributed by atoms with Crippen LogP contribution >= 0.6 is 0 Å². The van der Waals surface area contributed by atoms with Gasteiger partial charge in [-0.2, -0.15) is 0 Å². The molecule has 4 heteroatoms. The minimum absolute atomic E-state index is 0.0844. The number of hydrogen-bond donors (Lipinski definition) is 3. The van der Waals surface area contributed by atoms with Crippen molar-refractivity contribution in [1.29, 1.82) is 0 Å². The second-order valence-electron chi connectivity index (χ2n) is 3.94. The molecule has 0 aliphatic rings. The normalized spacial score (nSPS) is 10.0. The number of amides is 1. The molecular weight excluding hydrogens is 214 g/mol. The standard InChI is InChI=1S/C13H21N3O/c1-3-5-8-16-12-7-6-10(14)9-11(12)13(17)15-4-2/h6-7,9,16H,3-5,8,14H2,1-2H3,(H,15,17). The van der Waals surface area contributed by atoms with Gasteiger partial charge in [-0.3, -0.25) is 4.79 Å². The van der Waals surface area contributed by atoms with Gasteiger partial charge >= 0.3 is 0 Å². The van der Waals surface area contributed by atoms with Crippen LogP contribution in [0.3, 0.4) is 0 Å². The molecule has 0 bridgehead atoms. The minimum atomic E-state index is -0.0844. The molecule has 0 saturated carbocycles. The molecule has 0 saturated heterocycles. The lowest BCUT2D eigenvalue weighted by atomic mass is 10.1. The van der Waals surface area contributed by atoms with Crippen LogP contribution in [0.4, 0.5) is 11.4 Å². The molecule has 0 radical (unpaired) electrons. The number of hydrogen-bond acceptors (Lipinski definition) is 3. The predicted molar refractivity (Wildman–Crippen MR) is 72.3 cm³/mol. The van der Waals surface area contributed by atoms with Crippen LogP contribution in [0, 0.1) is 0 Å². The van der Waals surface area contributed by atoms with E-state index in [4.69, 9.17) is 5.73 Å². The van der Waals surface area contributed by atoms with Gasteiger partial charge in [-0.15, -0.1) is 0 Å². The molecule has 1 aromatic carbocycles. The fraction of sp³-hybridized carbons (Fsp3) is 0.462. The summed E-state index contributed by atoms with van der Waals surface area (Å²) in [6.45, 7) is 5.51. The van der Waals surface area contributed by atoms with E-state index in [1.807, 2.05) is 13.0 Å². The van der Waals surface area contributed by atoms with E-state index in [1.54, 1.807) is 12.1 Å². The summed E-state index contributed by atoms with van der Waals surface area (Å²) >= 11 is 0. The van der Waals surface area contributed by atoms with Crippen LogP contribution in [0.5, 0.6) is 0 Å². The quantitative estimate of drug-likeness (QED) is 0.523. The van der Waals surface area contributed by atoms with E-state index < -0.39 is 0 Å². The average Bonchev–Trinajstić information content (AvgIpc) is 2.31. The molecule has 0 aliphatic heterocycles. The Balaban J connectivity index is 2.83. The lowest BCUT2D eigenvalue weighted by molar-refractivity contribution is 0.0956. The molecule has 1 amide bonds. The van der Waals surface area contributed by atoms with Crippen LogP contribution < -0.4 is 16.4 Å². The number of benzene rings is 1. The number of nitrogens with two attached hydrogens (primary N) is 1. The molecule has 1 aromatic rings. The highest BCUT2D eigenvalue weighted by Crippen LogP contribution is 2.19. The molecule has 4 N–H and O–H groups in total. The molecule has 94 valence electrons. The molecule has 0 aromatic heterocycles. The largest absolute Gasteiger partial charge is 0.399 e. The lowest BCUT2D eigenvalue weighted by Crippen LogP contribution is -2.24. The first-order valence-electron chi connectivity index (χ1n) is 6.10. The van der Waals surface area contributed by atoms with Crippen LogP contribution in [0.15, 0.2) is 18.2 Å². The highest BCUT2D eigenvalue weighted by molar-refractivity contribution is 6.00. The van der Waals surface area contributed by atoms with Gasteiger partial charge in [-0.05, 0) is 31.5 Å². The van der Waals surface area contributed by atoms with Gasteiger partial charge in [0, 0.05) is 24.5 Å². The zero-order valence-corrected chi connectivity index (χ0v) is 10.5. The van der Waals surface area contributed by atoms with Crippen LogP contribution in [-0.4, -0.2) is 19.0 Å². The molecule has 17 heavy (non-hydrogen) atoms. The summed E-state index contributed by atoms with van der Waals surface area (Å²) in [7, 11) is 0. The third kappa shape index (κ3) is 3.98. The van der Waals surface area contributed by atoms with Gasteiger partial charge in [-0.25, -0.2) is 0 Å². The second-order valence-corrected chi connectivity index (χ2v) is 3.94. The summed E-state index contributed by atoms with van der Waals surface area (Å²) in [6.07, 6.45) is 2.21. The third-order valence-electron chi connectivity index (χ3n) is 2.47. The second kappa shape index (κ2) is 6.78. The first-order valence-corrected chi connectivity index (χ1v) is 6.10. The van der Waals surface area contributed by atoms with E-state index in [1.165, 1.54) is 0 Å². The smallest absolute Gasteiger partial charge is 0.253 e. The van der Waals surface area contributed by atoms with Crippen LogP contribution in [0.1, 0.15) is 37.0 Å². The summed E-state index contributed by atoms with van der Waals surface area (Å²) < 4.78 is 0. The number of unbranched alkanes of at least 4 members (excludes halogenated alkanes) is 1. The average molecular weight is 235 g/mol. The fourth-order valence-electron chi connectivity index (χ4n) is 1.56. The minimum Gasteiger partial charge on any atom is -0.399 e. The predicted octanol–water partition coefficient (Wildman–Crippen LogP) is 2.23. The molecule has 0 aliphatic carbocycles. The van der Waals surface area contributed by atoms with E-state index in [2.05, 4.69) is 17.6 Å². The lowest BCUT2D eigenvalue weighted by Gasteiger charge is -2.12. The Labute approximate surface area is 103 Å². The highest BCUT2D eigenvalue weighted by atomic mass is 16.1. The summed E-state index contributed by atoms with van der Waals surface area (Å²) in [4.78, 5) is 11.8. The summed E-state index contributed by atoms with van der Waals surface area (Å²) in [5, 5.41) is 6.05. The van der Waals surface area contributed by atoms with Crippen molar-refractivity contribution in [2.24, 2.45) is 0 Å². The van der Waals surface area contributed by atoms with Crippen LogP contribution in [0.2, 0.25) is 0 Å². The fourth-order valence-corrected chi connectivity index (χ4v) is 1.56. The SMILES string of the molecule is CCCCNc1ccc(N)cc1C(=O)NCC. The Morgan fingerprint density at radius 3 is 2.76 bits per heavy atom. The van der Waals surface area contributed by atoms with Crippen molar-refractivity contribution >= 4 is 17.3 Å². The first kappa shape index (κ1) is 13.4. The molecule has 0 unspecified atom stereocenters. The number of carbonyl (C=O) groups is 1. The maximum Gasteiger partial charge on any atom is 0.253 e. The molecular formula is C13H21N3O. The van der Waals surface area contributed by atoms with Crippen molar-refractivity contribution in [2.45, 2.75) is 26.7 Å². The Morgan fingerprint density at radius 1 is 1.35 bits per heavy atom. The van der Waals surface area contributed by atoms with Gasteiger partial charge in [0.15, 0.2) is 0 Å². The van der Waals surface area contributed by atoms with E-state index in [0.717, 1.165) is 25.1 Å².